The third kappa shape index (κ3) is 2.78. The van der Waals surface area contributed by atoms with Crippen LogP contribution in [0.2, 0.25) is 0 Å². The molecule has 0 fully saturated rings. The van der Waals surface area contributed by atoms with Gasteiger partial charge in [-0.05, 0) is 36.2 Å². The number of fused-ring (bicyclic) bond motifs is 4. The van der Waals surface area contributed by atoms with Gasteiger partial charge in [0.05, 0.1) is 18.9 Å². The number of rotatable bonds is 1. The van der Waals surface area contributed by atoms with Gasteiger partial charge in [-0.2, -0.15) is 5.26 Å². The van der Waals surface area contributed by atoms with Gasteiger partial charge in [-0.15, -0.1) is 0 Å². The van der Waals surface area contributed by atoms with E-state index in [1.165, 1.54) is 6.07 Å². The van der Waals surface area contributed by atoms with Crippen molar-refractivity contribution in [3.05, 3.63) is 64.9 Å². The standard InChI is InChI=1S/C23H18FN3O2/c24-19-5-2-1-4-15(19)17-11-20-16-12-22-21(28-8-3-9-29-22)10-14(16)6-7-27(20)23(26)18(17)13-25/h1-2,4-5,10-12,26H,3,6-9H2. The molecule has 6 heteroatoms. The summed E-state index contributed by atoms with van der Waals surface area (Å²) >= 11 is 0. The van der Waals surface area contributed by atoms with Crippen LogP contribution in [0.25, 0.3) is 22.4 Å². The van der Waals surface area contributed by atoms with Crippen LogP contribution in [0.1, 0.15) is 17.5 Å². The van der Waals surface area contributed by atoms with Crippen LogP contribution >= 0.6 is 0 Å². The minimum absolute atomic E-state index is 0.0982. The zero-order valence-electron chi connectivity index (χ0n) is 15.7. The topological polar surface area (TPSA) is 71.0 Å². The van der Waals surface area contributed by atoms with Crippen LogP contribution in [0.5, 0.6) is 11.5 Å². The lowest BCUT2D eigenvalue weighted by Gasteiger charge is -2.25. The van der Waals surface area contributed by atoms with E-state index >= 15 is 0 Å². The van der Waals surface area contributed by atoms with Crippen LogP contribution in [0.3, 0.4) is 0 Å². The number of hydrogen-bond acceptors (Lipinski definition) is 4. The molecule has 2 aromatic carbocycles. The fourth-order valence-corrected chi connectivity index (χ4v) is 4.06. The van der Waals surface area contributed by atoms with Crippen molar-refractivity contribution in [2.24, 2.45) is 0 Å². The van der Waals surface area contributed by atoms with Crippen molar-refractivity contribution < 1.29 is 13.9 Å². The van der Waals surface area contributed by atoms with Gasteiger partial charge < -0.3 is 14.0 Å². The number of pyridine rings is 1. The van der Waals surface area contributed by atoms with E-state index in [2.05, 4.69) is 6.07 Å². The van der Waals surface area contributed by atoms with Gasteiger partial charge in [-0.1, -0.05) is 18.2 Å². The van der Waals surface area contributed by atoms with E-state index in [0.29, 0.717) is 36.6 Å². The Balaban J connectivity index is 1.78. The molecule has 5 rings (SSSR count). The zero-order valence-corrected chi connectivity index (χ0v) is 15.7. The summed E-state index contributed by atoms with van der Waals surface area (Å²) in [4.78, 5) is 0. The number of halogens is 1. The predicted octanol–water partition coefficient (Wildman–Crippen LogP) is 4.03. The maximum absolute atomic E-state index is 14.5. The lowest BCUT2D eigenvalue weighted by Crippen LogP contribution is -2.29. The van der Waals surface area contributed by atoms with Gasteiger partial charge in [-0.25, -0.2) is 4.39 Å². The van der Waals surface area contributed by atoms with Crippen molar-refractivity contribution in [3.8, 4) is 40.0 Å². The molecule has 0 unspecified atom stereocenters. The van der Waals surface area contributed by atoms with E-state index in [1.54, 1.807) is 18.2 Å². The molecule has 2 aliphatic rings. The van der Waals surface area contributed by atoms with E-state index in [9.17, 15) is 9.65 Å². The molecule has 0 bridgehead atoms. The van der Waals surface area contributed by atoms with Crippen LogP contribution in [0, 0.1) is 22.6 Å². The Morgan fingerprint density at radius 3 is 2.52 bits per heavy atom. The normalized spacial score (nSPS) is 14.3. The van der Waals surface area contributed by atoms with E-state index in [0.717, 1.165) is 35.4 Å². The van der Waals surface area contributed by atoms with Crippen molar-refractivity contribution in [3.63, 3.8) is 0 Å². The first-order valence-corrected chi connectivity index (χ1v) is 9.57. The number of nitrogens with one attached hydrogen (secondary N) is 1. The van der Waals surface area contributed by atoms with E-state index in [4.69, 9.17) is 14.9 Å². The van der Waals surface area contributed by atoms with Crippen molar-refractivity contribution in [1.29, 1.82) is 10.7 Å². The number of hydrogen-bond donors (Lipinski definition) is 1. The molecule has 3 aromatic rings. The molecule has 0 saturated carbocycles. The molecule has 1 aromatic heterocycles. The van der Waals surface area contributed by atoms with Crippen LogP contribution in [0.15, 0.2) is 42.5 Å². The second-order valence-electron chi connectivity index (χ2n) is 7.17. The first kappa shape index (κ1) is 17.5. The van der Waals surface area contributed by atoms with E-state index < -0.39 is 5.82 Å². The van der Waals surface area contributed by atoms with Gasteiger partial charge in [0.15, 0.2) is 11.5 Å². The number of nitrogens with zero attached hydrogens (tertiary/aromatic N) is 2. The maximum atomic E-state index is 14.5. The Kier molecular flexibility index (Phi) is 4.09. The molecule has 0 atom stereocenters. The molecule has 3 heterocycles. The van der Waals surface area contributed by atoms with Crippen molar-refractivity contribution in [1.82, 2.24) is 4.57 Å². The quantitative estimate of drug-likeness (QED) is 0.685. The van der Waals surface area contributed by atoms with Crippen LogP contribution in [-0.4, -0.2) is 17.8 Å². The summed E-state index contributed by atoms with van der Waals surface area (Å²) in [5.41, 5.74) is 3.83. The minimum Gasteiger partial charge on any atom is -0.490 e. The highest BCUT2D eigenvalue weighted by Gasteiger charge is 2.24. The molecular weight excluding hydrogens is 369 g/mol. The number of aromatic nitrogens is 1. The summed E-state index contributed by atoms with van der Waals surface area (Å²) in [6.45, 7) is 1.79. The van der Waals surface area contributed by atoms with Crippen LogP contribution in [0.4, 0.5) is 4.39 Å². The summed E-state index contributed by atoms with van der Waals surface area (Å²) in [5, 5.41) is 18.3. The zero-order chi connectivity index (χ0) is 20.0. The molecule has 0 aliphatic carbocycles. The Hall–Kier alpha value is -3.59. The number of ether oxygens (including phenoxy) is 2. The lowest BCUT2D eigenvalue weighted by atomic mass is 9.92. The Morgan fingerprint density at radius 2 is 1.76 bits per heavy atom. The summed E-state index contributed by atoms with van der Waals surface area (Å²) < 4.78 is 28.0. The molecule has 0 radical (unpaired) electrons. The van der Waals surface area contributed by atoms with E-state index in [-0.39, 0.29) is 11.1 Å². The molecule has 0 saturated heterocycles. The van der Waals surface area contributed by atoms with Gasteiger partial charge >= 0.3 is 0 Å². The second kappa shape index (κ2) is 6.78. The summed E-state index contributed by atoms with van der Waals surface area (Å²) in [6, 6.07) is 14.2. The molecule has 1 N–H and O–H groups in total. The lowest BCUT2D eigenvalue weighted by molar-refractivity contribution is 0.297. The Morgan fingerprint density at radius 1 is 1.00 bits per heavy atom. The Bertz CT molecular complexity index is 1240. The molecule has 0 amide bonds. The van der Waals surface area contributed by atoms with Crippen molar-refractivity contribution in [2.75, 3.05) is 13.2 Å². The van der Waals surface area contributed by atoms with Crippen molar-refractivity contribution >= 4 is 0 Å². The number of aryl methyl sites for hydroxylation is 1. The first-order valence-electron chi connectivity index (χ1n) is 9.57. The smallest absolute Gasteiger partial charge is 0.161 e. The van der Waals surface area contributed by atoms with Gasteiger partial charge in [-0.3, -0.25) is 5.41 Å². The van der Waals surface area contributed by atoms with Crippen molar-refractivity contribution in [2.45, 2.75) is 19.4 Å². The van der Waals surface area contributed by atoms with Gasteiger partial charge in [0.2, 0.25) is 0 Å². The molecular formula is C23H18FN3O2. The fourth-order valence-electron chi connectivity index (χ4n) is 4.06. The summed E-state index contributed by atoms with van der Waals surface area (Å²) in [6.07, 6.45) is 1.55. The molecule has 0 spiro atoms. The second-order valence-corrected chi connectivity index (χ2v) is 7.17. The summed E-state index contributed by atoms with van der Waals surface area (Å²) in [7, 11) is 0. The highest BCUT2D eigenvalue weighted by Crippen LogP contribution is 2.40. The van der Waals surface area contributed by atoms with Crippen LogP contribution < -0.4 is 15.0 Å². The van der Waals surface area contributed by atoms with Gasteiger partial charge in [0.1, 0.15) is 22.9 Å². The average Bonchev–Trinajstić information content (AvgIpc) is 2.97. The third-order valence-corrected chi connectivity index (χ3v) is 5.48. The highest BCUT2D eigenvalue weighted by atomic mass is 19.1. The van der Waals surface area contributed by atoms with Gasteiger partial charge in [0, 0.05) is 29.7 Å². The largest absolute Gasteiger partial charge is 0.490 e. The highest BCUT2D eigenvalue weighted by molar-refractivity contribution is 5.78. The summed E-state index contributed by atoms with van der Waals surface area (Å²) in [5.74, 6) is 1.00. The van der Waals surface area contributed by atoms with Gasteiger partial charge in [0.25, 0.3) is 0 Å². The molecule has 144 valence electrons. The van der Waals surface area contributed by atoms with Crippen LogP contribution in [-0.2, 0) is 13.0 Å². The van der Waals surface area contributed by atoms with E-state index in [1.807, 2.05) is 22.8 Å². The monoisotopic (exact) mass is 387 g/mol. The Labute approximate surface area is 167 Å². The first-order chi connectivity index (χ1) is 14.2. The molecule has 5 nitrogen and oxygen atoms in total. The number of benzene rings is 2. The third-order valence-electron chi connectivity index (χ3n) is 5.48. The molecule has 29 heavy (non-hydrogen) atoms. The minimum atomic E-state index is -0.414. The fraction of sp³-hybridized carbons (Fsp3) is 0.217. The number of nitriles is 1. The molecule has 2 aliphatic heterocycles. The maximum Gasteiger partial charge on any atom is 0.161 e. The SMILES string of the molecule is N#Cc1c(-c2ccccc2F)cc2n(c1=N)CCc1cc3c(cc1-2)OCCCO3. The predicted molar refractivity (Wildman–Crippen MR) is 105 cm³/mol. The average molecular weight is 387 g/mol.